The van der Waals surface area contributed by atoms with E-state index in [4.69, 9.17) is 5.11 Å². The highest BCUT2D eigenvalue weighted by molar-refractivity contribution is 9.10. The van der Waals surface area contributed by atoms with Gasteiger partial charge in [-0.05, 0) is 18.2 Å². The molecule has 3 nitrogen and oxygen atoms in total. The van der Waals surface area contributed by atoms with Crippen LogP contribution < -0.4 is 5.32 Å². The Morgan fingerprint density at radius 2 is 1.81 bits per heavy atom. The molecule has 0 radical (unpaired) electrons. The van der Waals surface area contributed by atoms with Crippen molar-refractivity contribution >= 4 is 27.6 Å². The normalized spacial score (nSPS) is 10.5. The number of carboxylic acids is 1. The Bertz CT molecular complexity index is 707. The molecule has 0 amide bonds. The SMILES string of the molecule is O=C(O)c1cc(NCc2ccc(Br)cc2F)c(F)cc1F. The summed E-state index contributed by atoms with van der Waals surface area (Å²) in [5, 5.41) is 11.3. The number of carbonyl (C=O) groups is 1. The Morgan fingerprint density at radius 1 is 1.10 bits per heavy atom. The van der Waals surface area contributed by atoms with E-state index in [1.807, 2.05) is 0 Å². The molecule has 110 valence electrons. The van der Waals surface area contributed by atoms with Gasteiger partial charge in [0.05, 0.1) is 11.3 Å². The first-order chi connectivity index (χ1) is 9.88. The average molecular weight is 360 g/mol. The van der Waals surface area contributed by atoms with Crippen LogP contribution in [0.4, 0.5) is 18.9 Å². The fourth-order valence-corrected chi connectivity index (χ4v) is 2.04. The molecule has 0 fully saturated rings. The Kier molecular flexibility index (Phi) is 4.52. The van der Waals surface area contributed by atoms with Crippen LogP contribution in [0, 0.1) is 17.5 Å². The van der Waals surface area contributed by atoms with Crippen molar-refractivity contribution < 1.29 is 23.1 Å². The molecule has 0 saturated carbocycles. The molecule has 0 aliphatic carbocycles. The number of nitrogens with one attached hydrogen (secondary N) is 1. The van der Waals surface area contributed by atoms with E-state index < -0.39 is 29.0 Å². The predicted molar refractivity (Wildman–Crippen MR) is 74.7 cm³/mol. The molecular formula is C14H9BrF3NO2. The number of hydrogen-bond donors (Lipinski definition) is 2. The monoisotopic (exact) mass is 359 g/mol. The van der Waals surface area contributed by atoms with Crippen molar-refractivity contribution in [3.05, 3.63) is 63.4 Å². The Labute approximate surface area is 126 Å². The lowest BCUT2D eigenvalue weighted by Crippen LogP contribution is -2.07. The molecule has 2 N–H and O–H groups in total. The molecule has 21 heavy (non-hydrogen) atoms. The van der Waals surface area contributed by atoms with Crippen molar-refractivity contribution in [1.82, 2.24) is 0 Å². The number of rotatable bonds is 4. The lowest BCUT2D eigenvalue weighted by Gasteiger charge is -2.10. The van der Waals surface area contributed by atoms with Gasteiger partial charge in [-0.1, -0.05) is 22.0 Å². The average Bonchev–Trinajstić information content (AvgIpc) is 2.39. The zero-order valence-electron chi connectivity index (χ0n) is 10.5. The number of carboxylic acid groups (broad SMARTS) is 1. The highest BCUT2D eigenvalue weighted by Crippen LogP contribution is 2.21. The summed E-state index contributed by atoms with van der Waals surface area (Å²) < 4.78 is 41.0. The summed E-state index contributed by atoms with van der Waals surface area (Å²) >= 11 is 3.11. The van der Waals surface area contributed by atoms with Crippen molar-refractivity contribution in [3.8, 4) is 0 Å². The summed E-state index contributed by atoms with van der Waals surface area (Å²) in [6.45, 7) is -0.0687. The maximum atomic E-state index is 13.6. The van der Waals surface area contributed by atoms with Gasteiger partial charge in [0.1, 0.15) is 17.5 Å². The molecule has 0 saturated heterocycles. The Morgan fingerprint density at radius 3 is 2.43 bits per heavy atom. The molecule has 0 aliphatic rings. The van der Waals surface area contributed by atoms with Crippen LogP contribution in [0.2, 0.25) is 0 Å². The van der Waals surface area contributed by atoms with Gasteiger partial charge in [0.25, 0.3) is 0 Å². The third kappa shape index (κ3) is 3.55. The van der Waals surface area contributed by atoms with Crippen LogP contribution in [-0.2, 0) is 6.54 Å². The second-order valence-electron chi connectivity index (χ2n) is 4.21. The predicted octanol–water partition coefficient (Wildman–Crippen LogP) is 4.18. The van der Waals surface area contributed by atoms with Crippen LogP contribution in [0.5, 0.6) is 0 Å². The van der Waals surface area contributed by atoms with Gasteiger partial charge in [-0.15, -0.1) is 0 Å². The van der Waals surface area contributed by atoms with E-state index in [1.165, 1.54) is 12.1 Å². The van der Waals surface area contributed by atoms with E-state index in [2.05, 4.69) is 21.2 Å². The largest absolute Gasteiger partial charge is 0.478 e. The van der Waals surface area contributed by atoms with Crippen molar-refractivity contribution in [2.45, 2.75) is 6.54 Å². The van der Waals surface area contributed by atoms with Gasteiger partial charge in [0.15, 0.2) is 0 Å². The van der Waals surface area contributed by atoms with Gasteiger partial charge in [-0.2, -0.15) is 0 Å². The highest BCUT2D eigenvalue weighted by atomic mass is 79.9. The Balaban J connectivity index is 2.23. The van der Waals surface area contributed by atoms with E-state index >= 15 is 0 Å². The van der Waals surface area contributed by atoms with Gasteiger partial charge >= 0.3 is 5.97 Å². The first kappa shape index (κ1) is 15.4. The van der Waals surface area contributed by atoms with Crippen LogP contribution in [0.1, 0.15) is 15.9 Å². The van der Waals surface area contributed by atoms with Crippen LogP contribution >= 0.6 is 15.9 Å². The molecule has 0 unspecified atom stereocenters. The fraction of sp³-hybridized carbons (Fsp3) is 0.0714. The van der Waals surface area contributed by atoms with Crippen molar-refractivity contribution in [2.24, 2.45) is 0 Å². The molecule has 0 aromatic heterocycles. The Hall–Kier alpha value is -2.02. The third-order valence-corrected chi connectivity index (χ3v) is 3.26. The summed E-state index contributed by atoms with van der Waals surface area (Å²) in [7, 11) is 0. The second-order valence-corrected chi connectivity index (χ2v) is 5.12. The summed E-state index contributed by atoms with van der Waals surface area (Å²) in [6, 6.07) is 5.67. The number of hydrogen-bond acceptors (Lipinski definition) is 2. The highest BCUT2D eigenvalue weighted by Gasteiger charge is 2.15. The molecule has 0 atom stereocenters. The lowest BCUT2D eigenvalue weighted by atomic mass is 10.1. The molecule has 7 heteroatoms. The van der Waals surface area contributed by atoms with Crippen LogP contribution in [0.25, 0.3) is 0 Å². The fourth-order valence-electron chi connectivity index (χ4n) is 1.70. The van der Waals surface area contributed by atoms with Crippen molar-refractivity contribution in [3.63, 3.8) is 0 Å². The van der Waals surface area contributed by atoms with Gasteiger partial charge in [0, 0.05) is 22.6 Å². The van der Waals surface area contributed by atoms with E-state index in [0.717, 1.165) is 6.07 Å². The topological polar surface area (TPSA) is 49.3 Å². The smallest absolute Gasteiger partial charge is 0.338 e. The van der Waals surface area contributed by atoms with E-state index in [1.54, 1.807) is 6.07 Å². The molecular weight excluding hydrogens is 351 g/mol. The second kappa shape index (κ2) is 6.17. The van der Waals surface area contributed by atoms with Crippen LogP contribution in [-0.4, -0.2) is 11.1 Å². The maximum Gasteiger partial charge on any atom is 0.338 e. The number of benzene rings is 2. The van der Waals surface area contributed by atoms with E-state index in [9.17, 15) is 18.0 Å². The molecule has 2 rings (SSSR count). The zero-order chi connectivity index (χ0) is 15.6. The van der Waals surface area contributed by atoms with Gasteiger partial charge in [0.2, 0.25) is 0 Å². The number of halogens is 4. The van der Waals surface area contributed by atoms with Gasteiger partial charge in [-0.25, -0.2) is 18.0 Å². The summed E-state index contributed by atoms with van der Waals surface area (Å²) in [6.07, 6.45) is 0. The van der Waals surface area contributed by atoms with E-state index in [-0.39, 0.29) is 17.8 Å². The minimum Gasteiger partial charge on any atom is -0.478 e. The maximum absolute atomic E-state index is 13.6. The standard InChI is InChI=1S/C14H9BrF3NO2/c15-8-2-1-7(10(16)3-8)6-19-13-4-9(14(20)21)11(17)5-12(13)18/h1-5,19H,6H2,(H,20,21). The van der Waals surface area contributed by atoms with Crippen molar-refractivity contribution in [2.75, 3.05) is 5.32 Å². The molecule has 2 aromatic carbocycles. The summed E-state index contributed by atoms with van der Waals surface area (Å²) in [4.78, 5) is 10.8. The molecule has 0 spiro atoms. The molecule has 0 aliphatic heterocycles. The molecule has 2 aromatic rings. The summed E-state index contributed by atoms with van der Waals surface area (Å²) in [5.74, 6) is -4.13. The molecule has 0 heterocycles. The first-order valence-electron chi connectivity index (χ1n) is 5.78. The minimum atomic E-state index is -1.51. The third-order valence-electron chi connectivity index (χ3n) is 2.77. The number of aromatic carboxylic acids is 1. The van der Waals surface area contributed by atoms with Gasteiger partial charge in [-0.3, -0.25) is 0 Å². The molecule has 0 bridgehead atoms. The van der Waals surface area contributed by atoms with Crippen LogP contribution in [0.3, 0.4) is 0 Å². The summed E-state index contributed by atoms with van der Waals surface area (Å²) in [5.41, 5.74) is -0.606. The van der Waals surface area contributed by atoms with E-state index in [0.29, 0.717) is 10.5 Å². The minimum absolute atomic E-state index is 0.0687. The zero-order valence-corrected chi connectivity index (χ0v) is 12.0. The van der Waals surface area contributed by atoms with Crippen molar-refractivity contribution in [1.29, 1.82) is 0 Å². The quantitative estimate of drug-likeness (QED) is 0.860. The lowest BCUT2D eigenvalue weighted by molar-refractivity contribution is 0.0692. The first-order valence-corrected chi connectivity index (χ1v) is 6.58. The van der Waals surface area contributed by atoms with Gasteiger partial charge < -0.3 is 10.4 Å². The van der Waals surface area contributed by atoms with Crippen LogP contribution in [0.15, 0.2) is 34.8 Å². The number of anilines is 1.